The third-order valence-corrected chi connectivity index (χ3v) is 4.50. The van der Waals surface area contributed by atoms with Gasteiger partial charge in [0.2, 0.25) is 0 Å². The van der Waals surface area contributed by atoms with E-state index in [0.717, 1.165) is 35.5 Å². The van der Waals surface area contributed by atoms with Crippen LogP contribution in [0, 0.1) is 5.92 Å². The normalized spacial score (nSPS) is 17.8. The maximum absolute atomic E-state index is 12.4. The Balaban J connectivity index is 1.73. The van der Waals surface area contributed by atoms with E-state index in [1.807, 2.05) is 24.3 Å². The maximum Gasteiger partial charge on any atom is 0.274 e. The highest BCUT2D eigenvalue weighted by Gasteiger charge is 2.19. The van der Waals surface area contributed by atoms with Crippen molar-refractivity contribution in [1.29, 1.82) is 0 Å². The van der Waals surface area contributed by atoms with Gasteiger partial charge in [-0.05, 0) is 43.0 Å². The molecule has 1 aliphatic heterocycles. The second-order valence-electron chi connectivity index (χ2n) is 5.92. The Bertz CT molecular complexity index is 689. The summed E-state index contributed by atoms with van der Waals surface area (Å²) >= 11 is 3.38. The van der Waals surface area contributed by atoms with E-state index >= 15 is 0 Å². The molecule has 1 amide bonds. The number of carbonyl (C=O) groups is 1. The predicted molar refractivity (Wildman–Crippen MR) is 94.7 cm³/mol. The number of halogens is 1. The van der Waals surface area contributed by atoms with E-state index in [-0.39, 0.29) is 5.91 Å². The number of amides is 1. The maximum atomic E-state index is 12.4. The van der Waals surface area contributed by atoms with Crippen LogP contribution in [0.4, 0.5) is 11.5 Å². The zero-order chi connectivity index (χ0) is 16.2. The SMILES string of the molecule is CC1CCCN(c2cc(C(=O)Nc3ccc(Br)cc3)ncn2)C1. The number of benzene rings is 1. The molecule has 1 unspecified atom stereocenters. The first kappa shape index (κ1) is 15.9. The molecule has 5 nitrogen and oxygen atoms in total. The van der Waals surface area contributed by atoms with Crippen molar-refractivity contribution >= 4 is 33.3 Å². The number of hydrogen-bond donors (Lipinski definition) is 1. The highest BCUT2D eigenvalue weighted by Crippen LogP contribution is 2.21. The Morgan fingerprint density at radius 2 is 2.09 bits per heavy atom. The van der Waals surface area contributed by atoms with Crippen molar-refractivity contribution in [1.82, 2.24) is 9.97 Å². The summed E-state index contributed by atoms with van der Waals surface area (Å²) in [5, 5.41) is 2.86. The van der Waals surface area contributed by atoms with Gasteiger partial charge in [-0.3, -0.25) is 4.79 Å². The molecule has 0 spiro atoms. The Labute approximate surface area is 144 Å². The number of nitrogens with zero attached hydrogens (tertiary/aromatic N) is 3. The lowest BCUT2D eigenvalue weighted by molar-refractivity contribution is 0.102. The molecule has 1 aliphatic rings. The molecule has 0 bridgehead atoms. The van der Waals surface area contributed by atoms with Gasteiger partial charge in [0.1, 0.15) is 17.8 Å². The fraction of sp³-hybridized carbons (Fsp3) is 0.353. The first-order chi connectivity index (χ1) is 11.1. The minimum atomic E-state index is -0.221. The number of hydrogen-bond acceptors (Lipinski definition) is 4. The van der Waals surface area contributed by atoms with Gasteiger partial charge in [0.15, 0.2) is 0 Å². The minimum Gasteiger partial charge on any atom is -0.356 e. The lowest BCUT2D eigenvalue weighted by Crippen LogP contribution is -2.35. The molecule has 0 aliphatic carbocycles. The third-order valence-electron chi connectivity index (χ3n) is 3.97. The molecule has 1 aromatic heterocycles. The van der Waals surface area contributed by atoms with Gasteiger partial charge in [0, 0.05) is 29.3 Å². The molecule has 2 heterocycles. The van der Waals surface area contributed by atoms with E-state index in [0.29, 0.717) is 11.6 Å². The molecule has 6 heteroatoms. The Hall–Kier alpha value is -1.95. The van der Waals surface area contributed by atoms with Crippen molar-refractivity contribution in [2.45, 2.75) is 19.8 Å². The van der Waals surface area contributed by atoms with Crippen molar-refractivity contribution in [3.63, 3.8) is 0 Å². The van der Waals surface area contributed by atoms with E-state index in [1.165, 1.54) is 12.7 Å². The van der Waals surface area contributed by atoms with Gasteiger partial charge in [0.25, 0.3) is 5.91 Å². The summed E-state index contributed by atoms with van der Waals surface area (Å²) in [6, 6.07) is 9.23. The standard InChI is InChI=1S/C17H19BrN4O/c1-12-3-2-8-22(10-12)16-9-15(19-11-20-16)17(23)21-14-6-4-13(18)5-7-14/h4-7,9,11-12H,2-3,8,10H2,1H3,(H,21,23). The van der Waals surface area contributed by atoms with Crippen LogP contribution in [0.2, 0.25) is 0 Å². The summed E-state index contributed by atoms with van der Waals surface area (Å²) < 4.78 is 0.971. The van der Waals surface area contributed by atoms with Gasteiger partial charge in [-0.25, -0.2) is 9.97 Å². The van der Waals surface area contributed by atoms with Crippen LogP contribution in [0.3, 0.4) is 0 Å². The third kappa shape index (κ3) is 4.07. The molecule has 1 fully saturated rings. The second kappa shape index (κ2) is 7.08. The van der Waals surface area contributed by atoms with Crippen LogP contribution in [0.25, 0.3) is 0 Å². The van der Waals surface area contributed by atoms with Crippen LogP contribution in [0.1, 0.15) is 30.3 Å². The largest absolute Gasteiger partial charge is 0.356 e. The summed E-state index contributed by atoms with van der Waals surface area (Å²) in [5.41, 5.74) is 1.13. The van der Waals surface area contributed by atoms with E-state index < -0.39 is 0 Å². The van der Waals surface area contributed by atoms with E-state index in [4.69, 9.17) is 0 Å². The molecular weight excluding hydrogens is 356 g/mol. The van der Waals surface area contributed by atoms with Gasteiger partial charge in [-0.15, -0.1) is 0 Å². The smallest absolute Gasteiger partial charge is 0.274 e. The number of rotatable bonds is 3. The summed E-state index contributed by atoms with van der Waals surface area (Å²) in [5.74, 6) is 1.26. The van der Waals surface area contributed by atoms with Crippen LogP contribution >= 0.6 is 15.9 Å². The average Bonchev–Trinajstić information content (AvgIpc) is 2.57. The van der Waals surface area contributed by atoms with Crippen molar-refractivity contribution in [3.05, 3.63) is 46.8 Å². The zero-order valence-electron chi connectivity index (χ0n) is 13.0. The number of anilines is 2. The molecule has 1 saturated heterocycles. The lowest BCUT2D eigenvalue weighted by atomic mass is 10.0. The number of piperidine rings is 1. The molecule has 1 atom stereocenters. The number of aromatic nitrogens is 2. The van der Waals surface area contributed by atoms with Gasteiger partial charge in [-0.1, -0.05) is 22.9 Å². The lowest BCUT2D eigenvalue weighted by Gasteiger charge is -2.31. The van der Waals surface area contributed by atoms with Crippen LogP contribution in [0.5, 0.6) is 0 Å². The summed E-state index contributed by atoms with van der Waals surface area (Å²) in [6.45, 7) is 4.20. The second-order valence-corrected chi connectivity index (χ2v) is 6.83. The molecule has 0 saturated carbocycles. The topological polar surface area (TPSA) is 58.1 Å². The number of nitrogens with one attached hydrogen (secondary N) is 1. The molecule has 3 rings (SSSR count). The fourth-order valence-corrected chi connectivity index (χ4v) is 3.03. The molecule has 1 aromatic carbocycles. The van der Waals surface area contributed by atoms with E-state index in [2.05, 4.69) is 43.0 Å². The van der Waals surface area contributed by atoms with Crippen molar-refractivity contribution < 1.29 is 4.79 Å². The predicted octanol–water partition coefficient (Wildman–Crippen LogP) is 3.73. The zero-order valence-corrected chi connectivity index (χ0v) is 14.6. The van der Waals surface area contributed by atoms with Crippen LogP contribution < -0.4 is 10.2 Å². The summed E-state index contributed by atoms with van der Waals surface area (Å²) in [7, 11) is 0. The molecule has 1 N–H and O–H groups in total. The van der Waals surface area contributed by atoms with Crippen LogP contribution in [0.15, 0.2) is 41.1 Å². The quantitative estimate of drug-likeness (QED) is 0.888. The first-order valence-electron chi connectivity index (χ1n) is 7.76. The Morgan fingerprint density at radius 1 is 1.30 bits per heavy atom. The molecule has 23 heavy (non-hydrogen) atoms. The van der Waals surface area contributed by atoms with Gasteiger partial charge < -0.3 is 10.2 Å². The molecule has 2 aromatic rings. The van der Waals surface area contributed by atoms with Crippen molar-refractivity contribution in [3.8, 4) is 0 Å². The molecular formula is C17H19BrN4O. The number of carbonyl (C=O) groups excluding carboxylic acids is 1. The summed E-state index contributed by atoms with van der Waals surface area (Å²) in [6.07, 6.45) is 3.87. The van der Waals surface area contributed by atoms with Crippen molar-refractivity contribution in [2.24, 2.45) is 5.92 Å². The van der Waals surface area contributed by atoms with Crippen LogP contribution in [-0.2, 0) is 0 Å². The van der Waals surface area contributed by atoms with Crippen molar-refractivity contribution in [2.75, 3.05) is 23.3 Å². The minimum absolute atomic E-state index is 0.221. The first-order valence-corrected chi connectivity index (χ1v) is 8.55. The molecule has 120 valence electrons. The summed E-state index contributed by atoms with van der Waals surface area (Å²) in [4.78, 5) is 23.0. The highest BCUT2D eigenvalue weighted by molar-refractivity contribution is 9.10. The van der Waals surface area contributed by atoms with Gasteiger partial charge >= 0.3 is 0 Å². The van der Waals surface area contributed by atoms with E-state index in [9.17, 15) is 4.79 Å². The van der Waals surface area contributed by atoms with Gasteiger partial charge in [0.05, 0.1) is 0 Å². The molecule has 0 radical (unpaired) electrons. The monoisotopic (exact) mass is 374 g/mol. The van der Waals surface area contributed by atoms with E-state index in [1.54, 1.807) is 6.07 Å². The van der Waals surface area contributed by atoms with Crippen LogP contribution in [-0.4, -0.2) is 29.0 Å². The van der Waals surface area contributed by atoms with Gasteiger partial charge in [-0.2, -0.15) is 0 Å². The Morgan fingerprint density at radius 3 is 2.83 bits per heavy atom. The fourth-order valence-electron chi connectivity index (χ4n) is 2.77. The Kier molecular flexibility index (Phi) is 4.91. The highest BCUT2D eigenvalue weighted by atomic mass is 79.9. The average molecular weight is 375 g/mol.